The lowest BCUT2D eigenvalue weighted by molar-refractivity contribution is -0.137. The highest BCUT2D eigenvalue weighted by Gasteiger charge is 2.30. The van der Waals surface area contributed by atoms with Crippen molar-refractivity contribution in [2.45, 2.75) is 11.1 Å². The molecule has 3 aromatic rings. The van der Waals surface area contributed by atoms with E-state index in [1.54, 1.807) is 6.07 Å². The van der Waals surface area contributed by atoms with Crippen LogP contribution in [0.3, 0.4) is 0 Å². The van der Waals surface area contributed by atoms with Crippen LogP contribution in [-0.2, 0) is 21.0 Å². The Morgan fingerprint density at radius 2 is 1.62 bits per heavy atom. The highest BCUT2D eigenvalue weighted by molar-refractivity contribution is 7.92. The van der Waals surface area contributed by atoms with Gasteiger partial charge in [0.25, 0.3) is 15.9 Å². The van der Waals surface area contributed by atoms with Gasteiger partial charge in [0.2, 0.25) is 0 Å². The second-order valence-corrected chi connectivity index (χ2v) is 8.15. The molecule has 11 heteroatoms. The van der Waals surface area contributed by atoms with Gasteiger partial charge in [0.1, 0.15) is 11.6 Å². The Balaban J connectivity index is 1.62. The van der Waals surface area contributed by atoms with Gasteiger partial charge in [-0.25, -0.2) is 12.8 Å². The topological polar surface area (TPSA) is 84.5 Å². The Kier molecular flexibility index (Phi) is 6.68. The van der Waals surface area contributed by atoms with Crippen LogP contribution in [0.4, 0.5) is 28.9 Å². The van der Waals surface area contributed by atoms with E-state index in [1.165, 1.54) is 48.5 Å². The molecule has 168 valence electrons. The molecule has 0 aliphatic carbocycles. The third-order valence-electron chi connectivity index (χ3n) is 4.09. The van der Waals surface area contributed by atoms with Crippen LogP contribution in [0.15, 0.2) is 77.7 Å². The minimum atomic E-state index is -4.61. The molecule has 0 aliphatic heterocycles. The molecule has 0 bridgehead atoms. The van der Waals surface area contributed by atoms with Crippen LogP contribution in [0.1, 0.15) is 5.56 Å². The predicted molar refractivity (Wildman–Crippen MR) is 109 cm³/mol. The summed E-state index contributed by atoms with van der Waals surface area (Å²) in [6, 6.07) is 14.3. The van der Waals surface area contributed by atoms with Crippen LogP contribution in [0.5, 0.6) is 5.75 Å². The average molecular weight is 468 g/mol. The van der Waals surface area contributed by atoms with Crippen molar-refractivity contribution in [1.29, 1.82) is 0 Å². The van der Waals surface area contributed by atoms with Crippen molar-refractivity contribution in [2.75, 3.05) is 16.6 Å². The molecular formula is C21H16F4N2O4S. The second kappa shape index (κ2) is 9.27. The van der Waals surface area contributed by atoms with E-state index in [9.17, 15) is 30.8 Å². The molecule has 0 saturated heterocycles. The number of amides is 1. The first-order chi connectivity index (χ1) is 15.0. The average Bonchev–Trinajstić information content (AvgIpc) is 2.73. The van der Waals surface area contributed by atoms with Gasteiger partial charge in [-0.05, 0) is 54.6 Å². The molecule has 0 aromatic heterocycles. The summed E-state index contributed by atoms with van der Waals surface area (Å²) in [5.74, 6) is -1.08. The molecule has 2 N–H and O–H groups in total. The highest BCUT2D eigenvalue weighted by Crippen LogP contribution is 2.31. The first-order valence-corrected chi connectivity index (χ1v) is 10.5. The van der Waals surface area contributed by atoms with Gasteiger partial charge in [-0.2, -0.15) is 13.2 Å². The van der Waals surface area contributed by atoms with Gasteiger partial charge in [0.05, 0.1) is 16.1 Å². The van der Waals surface area contributed by atoms with E-state index < -0.39 is 40.1 Å². The van der Waals surface area contributed by atoms with E-state index >= 15 is 0 Å². The Hall–Kier alpha value is -3.60. The summed E-state index contributed by atoms with van der Waals surface area (Å²) in [4.78, 5) is 11.7. The molecule has 0 heterocycles. The third kappa shape index (κ3) is 5.97. The molecule has 3 aromatic carbocycles. The Labute approximate surface area is 180 Å². The second-order valence-electron chi connectivity index (χ2n) is 6.47. The normalized spacial score (nSPS) is 11.6. The van der Waals surface area contributed by atoms with Crippen LogP contribution in [0.2, 0.25) is 0 Å². The van der Waals surface area contributed by atoms with Gasteiger partial charge in [0.15, 0.2) is 6.61 Å². The third-order valence-corrected chi connectivity index (χ3v) is 5.49. The fourth-order valence-electron chi connectivity index (χ4n) is 2.59. The van der Waals surface area contributed by atoms with E-state index in [1.807, 2.05) is 0 Å². The quantitative estimate of drug-likeness (QED) is 0.494. The van der Waals surface area contributed by atoms with Gasteiger partial charge < -0.3 is 10.1 Å². The lowest BCUT2D eigenvalue weighted by atomic mass is 10.2. The number of hydrogen-bond acceptors (Lipinski definition) is 4. The van der Waals surface area contributed by atoms with Crippen molar-refractivity contribution in [3.8, 4) is 5.75 Å². The summed E-state index contributed by atoms with van der Waals surface area (Å²) < 4.78 is 84.1. The summed E-state index contributed by atoms with van der Waals surface area (Å²) in [6.45, 7) is -0.455. The van der Waals surface area contributed by atoms with Gasteiger partial charge in [-0.3, -0.25) is 9.52 Å². The molecule has 0 radical (unpaired) electrons. The summed E-state index contributed by atoms with van der Waals surface area (Å²) in [6.07, 6.45) is -4.61. The van der Waals surface area contributed by atoms with E-state index in [2.05, 4.69) is 10.0 Å². The van der Waals surface area contributed by atoms with Crippen LogP contribution >= 0.6 is 0 Å². The van der Waals surface area contributed by atoms with Crippen molar-refractivity contribution in [2.24, 2.45) is 0 Å². The summed E-state index contributed by atoms with van der Waals surface area (Å²) >= 11 is 0. The number of hydrogen-bond donors (Lipinski definition) is 2. The number of carbonyl (C=O) groups is 1. The SMILES string of the molecule is O=C(COc1ccc(S(=O)(=O)Nc2cccc(C(F)(F)F)c2)cc1)Nc1ccccc1F. The van der Waals surface area contributed by atoms with Gasteiger partial charge in [0, 0.05) is 5.69 Å². The number of rotatable bonds is 7. The molecule has 0 unspecified atom stereocenters. The zero-order valence-corrected chi connectivity index (χ0v) is 17.0. The maximum absolute atomic E-state index is 13.5. The summed E-state index contributed by atoms with van der Waals surface area (Å²) in [5, 5.41) is 2.33. The molecule has 3 rings (SSSR count). The van der Waals surface area contributed by atoms with Crippen molar-refractivity contribution in [1.82, 2.24) is 0 Å². The Bertz CT molecular complexity index is 1210. The number of sulfonamides is 1. The van der Waals surface area contributed by atoms with E-state index in [4.69, 9.17) is 4.74 Å². The molecule has 0 saturated carbocycles. The fourth-order valence-corrected chi connectivity index (χ4v) is 3.64. The molecule has 32 heavy (non-hydrogen) atoms. The van der Waals surface area contributed by atoms with Crippen LogP contribution in [0.25, 0.3) is 0 Å². The fraction of sp³-hybridized carbons (Fsp3) is 0.0952. The van der Waals surface area contributed by atoms with Gasteiger partial charge in [-0.1, -0.05) is 18.2 Å². The zero-order chi connectivity index (χ0) is 23.4. The Morgan fingerprint density at radius 3 is 2.28 bits per heavy atom. The number of alkyl halides is 3. The minimum Gasteiger partial charge on any atom is -0.484 e. The van der Waals surface area contributed by atoms with Gasteiger partial charge in [-0.15, -0.1) is 0 Å². The van der Waals surface area contributed by atoms with Gasteiger partial charge >= 0.3 is 6.18 Å². The van der Waals surface area contributed by atoms with Crippen LogP contribution < -0.4 is 14.8 Å². The summed E-state index contributed by atoms with van der Waals surface area (Å²) in [5.41, 5.74) is -1.25. The minimum absolute atomic E-state index is 0.0109. The van der Waals surface area contributed by atoms with Crippen LogP contribution in [0, 0.1) is 5.82 Å². The zero-order valence-electron chi connectivity index (χ0n) is 16.2. The molecule has 0 spiro atoms. The smallest absolute Gasteiger partial charge is 0.416 e. The predicted octanol–water partition coefficient (Wildman–Crippen LogP) is 4.66. The van der Waals surface area contributed by atoms with E-state index in [-0.39, 0.29) is 22.0 Å². The van der Waals surface area contributed by atoms with Crippen molar-refractivity contribution in [3.63, 3.8) is 0 Å². The number of ether oxygens (including phenoxy) is 1. The lowest BCUT2D eigenvalue weighted by Crippen LogP contribution is -2.20. The van der Waals surface area contributed by atoms with Crippen molar-refractivity contribution < 1.29 is 35.5 Å². The van der Waals surface area contributed by atoms with E-state index in [0.29, 0.717) is 6.07 Å². The summed E-state index contributed by atoms with van der Waals surface area (Å²) in [7, 11) is -4.16. The Morgan fingerprint density at radius 1 is 0.938 bits per heavy atom. The number of benzene rings is 3. The number of halogens is 4. The molecule has 1 amide bonds. The molecule has 0 aliphatic rings. The van der Waals surface area contributed by atoms with Crippen molar-refractivity contribution in [3.05, 3.63) is 84.2 Å². The number of carbonyl (C=O) groups excluding carboxylic acids is 1. The molecular weight excluding hydrogens is 452 g/mol. The first kappa shape index (κ1) is 23.1. The molecule has 0 atom stereocenters. The first-order valence-electron chi connectivity index (χ1n) is 9.02. The monoisotopic (exact) mass is 468 g/mol. The van der Waals surface area contributed by atoms with Crippen molar-refractivity contribution >= 4 is 27.3 Å². The number of para-hydroxylation sites is 1. The molecule has 0 fully saturated rings. The largest absolute Gasteiger partial charge is 0.484 e. The van der Waals surface area contributed by atoms with Crippen LogP contribution in [-0.4, -0.2) is 20.9 Å². The maximum atomic E-state index is 13.5. The van der Waals surface area contributed by atoms with E-state index in [0.717, 1.165) is 12.1 Å². The maximum Gasteiger partial charge on any atom is 0.416 e. The highest BCUT2D eigenvalue weighted by atomic mass is 32.2. The number of nitrogens with one attached hydrogen (secondary N) is 2. The standard InChI is InChI=1S/C21H16F4N2O4S/c22-18-6-1-2-7-19(18)26-20(28)13-31-16-8-10-17(11-9-16)32(29,30)27-15-5-3-4-14(12-15)21(23,24)25/h1-12,27H,13H2,(H,26,28). The molecule has 6 nitrogen and oxygen atoms in total. The lowest BCUT2D eigenvalue weighted by Gasteiger charge is -2.12. The number of anilines is 2.